The molecule has 2 N–H and O–H groups in total. The molecule has 13 heavy (non-hydrogen) atoms. The quantitative estimate of drug-likeness (QED) is 0.704. The minimum Gasteiger partial charge on any atom is -0.326 e. The van der Waals surface area contributed by atoms with Gasteiger partial charge in [0.05, 0.1) is 0 Å². The van der Waals surface area contributed by atoms with Crippen LogP contribution in [-0.4, -0.2) is 0 Å². The molecule has 0 amide bonds. The van der Waals surface area contributed by atoms with Gasteiger partial charge in [0.1, 0.15) is 6.17 Å². The molecule has 1 unspecified atom stereocenters. The molecule has 2 rings (SSSR count). The Hall–Kier alpha value is -0.890. The van der Waals surface area contributed by atoms with Gasteiger partial charge in [0, 0.05) is 6.54 Å². The zero-order valence-corrected chi connectivity index (χ0v) is 7.59. The van der Waals surface area contributed by atoms with Crippen LogP contribution >= 0.6 is 0 Å². The van der Waals surface area contributed by atoms with Crippen molar-refractivity contribution in [2.75, 3.05) is 0 Å². The van der Waals surface area contributed by atoms with Gasteiger partial charge in [-0.05, 0) is 36.0 Å². The molecular formula is C11H14FN. The van der Waals surface area contributed by atoms with Crippen molar-refractivity contribution in [1.82, 2.24) is 0 Å². The van der Waals surface area contributed by atoms with Crippen molar-refractivity contribution < 1.29 is 4.39 Å². The number of hydrogen-bond donors (Lipinski definition) is 1. The van der Waals surface area contributed by atoms with Crippen molar-refractivity contribution in [3.8, 4) is 0 Å². The Morgan fingerprint density at radius 1 is 1.46 bits per heavy atom. The second-order valence-electron chi connectivity index (χ2n) is 3.55. The lowest BCUT2D eigenvalue weighted by Gasteiger charge is -2.21. The van der Waals surface area contributed by atoms with Crippen LogP contribution in [0.25, 0.3) is 0 Å². The summed E-state index contributed by atoms with van der Waals surface area (Å²) in [6, 6.07) is 5.79. The Balaban J connectivity index is 2.48. The number of rotatable bonds is 1. The molecule has 1 aromatic rings. The Bertz CT molecular complexity index is 309. The summed E-state index contributed by atoms with van der Waals surface area (Å²) in [6.45, 7) is 0.524. The zero-order chi connectivity index (χ0) is 9.26. The fourth-order valence-electron chi connectivity index (χ4n) is 2.06. The van der Waals surface area contributed by atoms with Crippen molar-refractivity contribution >= 4 is 0 Å². The second kappa shape index (κ2) is 3.46. The molecule has 1 aromatic carbocycles. The van der Waals surface area contributed by atoms with E-state index in [0.717, 1.165) is 29.5 Å². The average molecular weight is 179 g/mol. The van der Waals surface area contributed by atoms with Crippen LogP contribution in [0.1, 0.15) is 35.7 Å². The van der Waals surface area contributed by atoms with Crippen LogP contribution in [0.2, 0.25) is 0 Å². The van der Waals surface area contributed by atoms with Crippen molar-refractivity contribution in [2.45, 2.75) is 32.0 Å². The Morgan fingerprint density at radius 2 is 2.31 bits per heavy atom. The summed E-state index contributed by atoms with van der Waals surface area (Å²) in [7, 11) is 0. The van der Waals surface area contributed by atoms with E-state index in [1.54, 1.807) is 0 Å². The molecule has 1 aliphatic carbocycles. The molecule has 0 spiro atoms. The molecule has 0 aromatic heterocycles. The number of benzene rings is 1. The lowest BCUT2D eigenvalue weighted by Crippen LogP contribution is -2.11. The fraction of sp³-hybridized carbons (Fsp3) is 0.455. The average Bonchev–Trinajstić information content (AvgIpc) is 2.18. The first-order valence-corrected chi connectivity index (χ1v) is 4.77. The highest BCUT2D eigenvalue weighted by atomic mass is 19.1. The minimum atomic E-state index is -0.768. The van der Waals surface area contributed by atoms with Crippen LogP contribution in [0, 0.1) is 0 Å². The highest BCUT2D eigenvalue weighted by molar-refractivity contribution is 5.38. The van der Waals surface area contributed by atoms with Gasteiger partial charge in [-0.15, -0.1) is 0 Å². The first-order valence-electron chi connectivity index (χ1n) is 4.77. The van der Waals surface area contributed by atoms with E-state index in [9.17, 15) is 4.39 Å². The van der Waals surface area contributed by atoms with Crippen LogP contribution in [0.4, 0.5) is 4.39 Å². The van der Waals surface area contributed by atoms with Crippen LogP contribution in [0.3, 0.4) is 0 Å². The third-order valence-corrected chi connectivity index (χ3v) is 2.75. The summed E-state index contributed by atoms with van der Waals surface area (Å²) in [5, 5.41) is 0. The molecular weight excluding hydrogens is 165 g/mol. The maximum Gasteiger partial charge on any atom is 0.125 e. The molecule has 1 atom stereocenters. The number of hydrogen-bond acceptors (Lipinski definition) is 1. The monoisotopic (exact) mass is 179 g/mol. The van der Waals surface area contributed by atoms with E-state index in [1.165, 1.54) is 0 Å². The largest absolute Gasteiger partial charge is 0.326 e. The second-order valence-corrected chi connectivity index (χ2v) is 3.55. The summed E-state index contributed by atoms with van der Waals surface area (Å²) >= 11 is 0. The van der Waals surface area contributed by atoms with Crippen LogP contribution in [0.15, 0.2) is 18.2 Å². The van der Waals surface area contributed by atoms with E-state index >= 15 is 0 Å². The lowest BCUT2D eigenvalue weighted by atomic mass is 9.87. The topological polar surface area (TPSA) is 26.0 Å². The van der Waals surface area contributed by atoms with E-state index in [1.807, 2.05) is 18.2 Å². The first-order chi connectivity index (χ1) is 6.33. The zero-order valence-electron chi connectivity index (χ0n) is 7.59. The normalized spacial score (nSPS) is 21.2. The van der Waals surface area contributed by atoms with Crippen LogP contribution < -0.4 is 5.73 Å². The Morgan fingerprint density at radius 3 is 3.08 bits per heavy atom. The van der Waals surface area contributed by atoms with Gasteiger partial charge in [0.2, 0.25) is 0 Å². The Kier molecular flexibility index (Phi) is 2.32. The molecule has 2 heteroatoms. The van der Waals surface area contributed by atoms with Gasteiger partial charge in [-0.3, -0.25) is 0 Å². The molecule has 0 radical (unpaired) electrons. The lowest BCUT2D eigenvalue weighted by molar-refractivity contribution is 0.302. The summed E-state index contributed by atoms with van der Waals surface area (Å²) in [5.41, 5.74) is 8.73. The van der Waals surface area contributed by atoms with Gasteiger partial charge in [0.25, 0.3) is 0 Å². The van der Waals surface area contributed by atoms with Crippen LogP contribution in [-0.2, 0) is 13.0 Å². The molecule has 0 aliphatic heterocycles. The van der Waals surface area contributed by atoms with Gasteiger partial charge in [0.15, 0.2) is 0 Å². The van der Waals surface area contributed by atoms with E-state index < -0.39 is 6.17 Å². The van der Waals surface area contributed by atoms with E-state index in [4.69, 9.17) is 5.73 Å². The maximum atomic E-state index is 13.5. The summed E-state index contributed by atoms with van der Waals surface area (Å²) in [5.74, 6) is 0. The van der Waals surface area contributed by atoms with Crippen molar-refractivity contribution in [1.29, 1.82) is 0 Å². The number of halogens is 1. The predicted molar refractivity (Wildman–Crippen MR) is 51.1 cm³/mol. The van der Waals surface area contributed by atoms with Gasteiger partial charge >= 0.3 is 0 Å². The molecule has 1 nitrogen and oxygen atoms in total. The molecule has 0 saturated carbocycles. The van der Waals surface area contributed by atoms with Crippen LogP contribution in [0.5, 0.6) is 0 Å². The minimum absolute atomic E-state index is 0.524. The number of nitrogens with two attached hydrogens (primary N) is 1. The van der Waals surface area contributed by atoms with Gasteiger partial charge in [-0.2, -0.15) is 0 Å². The summed E-state index contributed by atoms with van der Waals surface area (Å²) in [4.78, 5) is 0. The van der Waals surface area contributed by atoms with Crippen molar-refractivity contribution in [3.05, 3.63) is 34.9 Å². The molecule has 0 bridgehead atoms. The molecule has 0 fully saturated rings. The first kappa shape index (κ1) is 8.70. The molecule has 0 saturated heterocycles. The maximum absolute atomic E-state index is 13.5. The predicted octanol–water partition coefficient (Wildman–Crippen LogP) is 2.49. The SMILES string of the molecule is NCc1cccc2c1CCCC2F. The highest BCUT2D eigenvalue weighted by Crippen LogP contribution is 2.33. The summed E-state index contributed by atoms with van der Waals surface area (Å²) in [6.07, 6.45) is 1.84. The van der Waals surface area contributed by atoms with Crippen molar-refractivity contribution in [2.24, 2.45) is 5.73 Å². The highest BCUT2D eigenvalue weighted by Gasteiger charge is 2.20. The third kappa shape index (κ3) is 1.46. The standard InChI is InChI=1S/C11H14FN/c12-11-6-2-4-9-8(7-13)3-1-5-10(9)11/h1,3,5,11H,2,4,6-7,13H2. The van der Waals surface area contributed by atoms with Gasteiger partial charge in [-0.1, -0.05) is 18.2 Å². The number of fused-ring (bicyclic) bond motifs is 1. The number of alkyl halides is 1. The Labute approximate surface area is 77.8 Å². The third-order valence-electron chi connectivity index (χ3n) is 2.75. The fourth-order valence-corrected chi connectivity index (χ4v) is 2.06. The molecule has 70 valence electrons. The van der Waals surface area contributed by atoms with Gasteiger partial charge in [-0.25, -0.2) is 4.39 Å². The smallest absolute Gasteiger partial charge is 0.125 e. The van der Waals surface area contributed by atoms with E-state index in [-0.39, 0.29) is 0 Å². The van der Waals surface area contributed by atoms with Crippen molar-refractivity contribution in [3.63, 3.8) is 0 Å². The molecule has 0 heterocycles. The molecule has 1 aliphatic rings. The van der Waals surface area contributed by atoms with E-state index in [0.29, 0.717) is 13.0 Å². The summed E-state index contributed by atoms with van der Waals surface area (Å²) < 4.78 is 13.5. The van der Waals surface area contributed by atoms with Gasteiger partial charge < -0.3 is 5.73 Å². The van der Waals surface area contributed by atoms with E-state index in [2.05, 4.69) is 0 Å².